The second-order valence-electron chi connectivity index (χ2n) is 3.31. The van der Waals surface area contributed by atoms with Crippen LogP contribution in [-0.4, -0.2) is 37.1 Å². The van der Waals surface area contributed by atoms with Crippen LogP contribution in [0.5, 0.6) is 0 Å². The summed E-state index contributed by atoms with van der Waals surface area (Å²) in [5.41, 5.74) is 0. The Bertz CT molecular complexity index is 160. The lowest BCUT2D eigenvalue weighted by atomic mass is 10.1. The third-order valence-electron chi connectivity index (χ3n) is 2.22. The van der Waals surface area contributed by atoms with Crippen molar-refractivity contribution >= 4 is 0 Å². The molecule has 0 bridgehead atoms. The fourth-order valence-corrected chi connectivity index (χ4v) is 1.66. The van der Waals surface area contributed by atoms with E-state index >= 15 is 0 Å². The normalized spacial score (nSPS) is 25.2. The summed E-state index contributed by atoms with van der Waals surface area (Å²) in [6.07, 6.45) is 1.85. The van der Waals surface area contributed by atoms with Crippen LogP contribution in [0.15, 0.2) is 0 Å². The van der Waals surface area contributed by atoms with Gasteiger partial charge in [0.05, 0.1) is 12.5 Å². The lowest BCUT2D eigenvalue weighted by Crippen LogP contribution is -2.50. The molecule has 1 aliphatic heterocycles. The van der Waals surface area contributed by atoms with E-state index < -0.39 is 0 Å². The van der Waals surface area contributed by atoms with Gasteiger partial charge in [-0.1, -0.05) is 6.92 Å². The number of nitrogens with one attached hydrogen (secondary N) is 1. The van der Waals surface area contributed by atoms with Gasteiger partial charge in [0.15, 0.2) is 0 Å². The van der Waals surface area contributed by atoms with Crippen molar-refractivity contribution < 1.29 is 0 Å². The molecule has 0 radical (unpaired) electrons. The molecule has 1 unspecified atom stereocenters. The number of rotatable bonds is 3. The SMILES string of the molecule is CCCN1CCNC(CC#N)C1. The zero-order valence-corrected chi connectivity index (χ0v) is 7.71. The first kappa shape index (κ1) is 9.50. The molecule has 0 aliphatic carbocycles. The third-order valence-corrected chi connectivity index (χ3v) is 2.22. The van der Waals surface area contributed by atoms with Crippen LogP contribution >= 0.6 is 0 Å². The first-order chi connectivity index (χ1) is 5.86. The van der Waals surface area contributed by atoms with E-state index in [1.807, 2.05) is 0 Å². The molecule has 1 atom stereocenters. The molecular formula is C9H17N3. The van der Waals surface area contributed by atoms with Gasteiger partial charge < -0.3 is 10.2 Å². The molecular weight excluding hydrogens is 150 g/mol. The standard InChI is InChI=1S/C9H17N3/c1-2-6-12-7-5-11-9(8-12)3-4-10/h9,11H,2-3,5-8H2,1H3. The number of piperazine rings is 1. The second kappa shape index (κ2) is 5.13. The van der Waals surface area contributed by atoms with Gasteiger partial charge in [-0.3, -0.25) is 0 Å². The Hall–Kier alpha value is -0.590. The van der Waals surface area contributed by atoms with Crippen LogP contribution in [0.1, 0.15) is 19.8 Å². The summed E-state index contributed by atoms with van der Waals surface area (Å²) < 4.78 is 0. The predicted molar refractivity (Wildman–Crippen MR) is 48.8 cm³/mol. The van der Waals surface area contributed by atoms with Crippen molar-refractivity contribution in [2.45, 2.75) is 25.8 Å². The molecule has 1 heterocycles. The minimum Gasteiger partial charge on any atom is -0.310 e. The molecule has 0 aromatic heterocycles. The first-order valence-electron chi connectivity index (χ1n) is 4.69. The van der Waals surface area contributed by atoms with Gasteiger partial charge >= 0.3 is 0 Å². The van der Waals surface area contributed by atoms with Gasteiger partial charge in [-0.25, -0.2) is 0 Å². The van der Waals surface area contributed by atoms with Gasteiger partial charge in [0, 0.05) is 25.7 Å². The van der Waals surface area contributed by atoms with E-state index in [9.17, 15) is 0 Å². The summed E-state index contributed by atoms with van der Waals surface area (Å²) in [6.45, 7) is 6.58. The summed E-state index contributed by atoms with van der Waals surface area (Å²) in [7, 11) is 0. The predicted octanol–water partition coefficient (Wildman–Crippen LogP) is 0.584. The average molecular weight is 167 g/mol. The van der Waals surface area contributed by atoms with Crippen molar-refractivity contribution in [3.05, 3.63) is 0 Å². The van der Waals surface area contributed by atoms with Crippen LogP contribution in [0, 0.1) is 11.3 Å². The van der Waals surface area contributed by atoms with E-state index in [0.717, 1.165) is 19.6 Å². The van der Waals surface area contributed by atoms with Crippen molar-refractivity contribution in [1.29, 1.82) is 5.26 Å². The molecule has 0 aromatic rings. The highest BCUT2D eigenvalue weighted by Crippen LogP contribution is 2.02. The van der Waals surface area contributed by atoms with Gasteiger partial charge in [0.2, 0.25) is 0 Å². The zero-order valence-electron chi connectivity index (χ0n) is 7.71. The van der Waals surface area contributed by atoms with Gasteiger partial charge in [-0.15, -0.1) is 0 Å². The van der Waals surface area contributed by atoms with Crippen LogP contribution in [0.4, 0.5) is 0 Å². The van der Waals surface area contributed by atoms with Gasteiger partial charge in [-0.05, 0) is 13.0 Å². The van der Waals surface area contributed by atoms with Crippen molar-refractivity contribution in [2.75, 3.05) is 26.2 Å². The van der Waals surface area contributed by atoms with Crippen molar-refractivity contribution in [3.63, 3.8) is 0 Å². The highest BCUT2D eigenvalue weighted by Gasteiger charge is 2.17. The Morgan fingerprint density at radius 1 is 1.67 bits per heavy atom. The van der Waals surface area contributed by atoms with E-state index in [2.05, 4.69) is 23.2 Å². The van der Waals surface area contributed by atoms with Crippen LogP contribution < -0.4 is 5.32 Å². The Balaban J connectivity index is 2.26. The summed E-state index contributed by atoms with van der Waals surface area (Å²) in [6, 6.07) is 2.61. The van der Waals surface area contributed by atoms with Crippen LogP contribution in [0.2, 0.25) is 0 Å². The monoisotopic (exact) mass is 167 g/mol. The summed E-state index contributed by atoms with van der Waals surface area (Å²) >= 11 is 0. The lowest BCUT2D eigenvalue weighted by molar-refractivity contribution is 0.201. The molecule has 0 saturated carbocycles. The van der Waals surface area contributed by atoms with Gasteiger partial charge in [0.1, 0.15) is 0 Å². The zero-order chi connectivity index (χ0) is 8.81. The Labute approximate surface area is 74.4 Å². The fraction of sp³-hybridized carbons (Fsp3) is 0.889. The lowest BCUT2D eigenvalue weighted by Gasteiger charge is -2.32. The topological polar surface area (TPSA) is 39.1 Å². The number of hydrogen-bond acceptors (Lipinski definition) is 3. The van der Waals surface area contributed by atoms with Gasteiger partial charge in [0.25, 0.3) is 0 Å². The molecule has 1 N–H and O–H groups in total. The number of hydrogen-bond donors (Lipinski definition) is 1. The minimum absolute atomic E-state index is 0.398. The van der Waals surface area contributed by atoms with Crippen LogP contribution in [0.25, 0.3) is 0 Å². The van der Waals surface area contributed by atoms with Crippen molar-refractivity contribution in [3.8, 4) is 6.07 Å². The molecule has 1 saturated heterocycles. The highest BCUT2D eigenvalue weighted by molar-refractivity contribution is 4.86. The largest absolute Gasteiger partial charge is 0.310 e. The Kier molecular flexibility index (Phi) is 4.06. The van der Waals surface area contributed by atoms with E-state index in [1.54, 1.807) is 0 Å². The molecule has 1 fully saturated rings. The van der Waals surface area contributed by atoms with Crippen molar-refractivity contribution in [1.82, 2.24) is 10.2 Å². The van der Waals surface area contributed by atoms with E-state index in [0.29, 0.717) is 12.5 Å². The number of nitrogens with zero attached hydrogens (tertiary/aromatic N) is 2. The van der Waals surface area contributed by atoms with Crippen molar-refractivity contribution in [2.24, 2.45) is 0 Å². The Morgan fingerprint density at radius 3 is 3.17 bits per heavy atom. The van der Waals surface area contributed by atoms with E-state index in [4.69, 9.17) is 5.26 Å². The smallest absolute Gasteiger partial charge is 0.0638 e. The minimum atomic E-state index is 0.398. The third kappa shape index (κ3) is 2.80. The molecule has 0 aromatic carbocycles. The maximum atomic E-state index is 8.53. The summed E-state index contributed by atoms with van der Waals surface area (Å²) in [4.78, 5) is 2.43. The summed E-state index contributed by atoms with van der Waals surface area (Å²) in [5.74, 6) is 0. The average Bonchev–Trinajstić information content (AvgIpc) is 2.06. The molecule has 0 spiro atoms. The van der Waals surface area contributed by atoms with E-state index in [-0.39, 0.29) is 0 Å². The fourth-order valence-electron chi connectivity index (χ4n) is 1.66. The number of nitriles is 1. The van der Waals surface area contributed by atoms with E-state index in [1.165, 1.54) is 13.0 Å². The maximum absolute atomic E-state index is 8.53. The molecule has 12 heavy (non-hydrogen) atoms. The second-order valence-corrected chi connectivity index (χ2v) is 3.31. The summed E-state index contributed by atoms with van der Waals surface area (Å²) in [5, 5.41) is 11.9. The maximum Gasteiger partial charge on any atom is 0.0638 e. The van der Waals surface area contributed by atoms with Crippen LogP contribution in [0.3, 0.4) is 0 Å². The van der Waals surface area contributed by atoms with Crippen LogP contribution in [-0.2, 0) is 0 Å². The molecule has 0 amide bonds. The van der Waals surface area contributed by atoms with Gasteiger partial charge in [-0.2, -0.15) is 5.26 Å². The molecule has 1 rings (SSSR count). The highest BCUT2D eigenvalue weighted by atomic mass is 15.2. The Morgan fingerprint density at radius 2 is 2.50 bits per heavy atom. The molecule has 68 valence electrons. The molecule has 1 aliphatic rings. The molecule has 3 nitrogen and oxygen atoms in total. The molecule has 3 heteroatoms. The quantitative estimate of drug-likeness (QED) is 0.668. The first-order valence-corrected chi connectivity index (χ1v) is 4.69.